The van der Waals surface area contributed by atoms with Crippen molar-refractivity contribution in [2.24, 2.45) is 23.7 Å². The van der Waals surface area contributed by atoms with E-state index in [-0.39, 0.29) is 53.6 Å². The number of carbonyl (C=O) groups excluding carboxylic acids is 4. The van der Waals surface area contributed by atoms with E-state index < -0.39 is 24.3 Å². The first kappa shape index (κ1) is 42.5. The standard InChI is InChI=1S/C46H60N8O6/c1-24(2)39(51-45(57)59-8)43(55)53-23-26(5)17-37(53)41-47-22-36(50-41)32-19-31-11-10-12-33(31)34(20-32)29-13-15-30(16-14-29)35-21-48-42(49-35)38-18-27(6)28(7)54(38)44(56)40(25(3)4)52-46(58)60-9/h13-16,19-22,24-28,37-40H,10-12,17-18,23H2,1-9H3,(H,47,50)(H,48,49)(H,51,57)(H,52,58)/t26?,27?,28?,37-,38?,39-,40-/m0/s1. The Morgan fingerprint density at radius 2 is 1.30 bits per heavy atom. The van der Waals surface area contributed by atoms with Crippen molar-refractivity contribution in [1.82, 2.24) is 40.4 Å². The predicted octanol–water partition coefficient (Wildman–Crippen LogP) is 7.59. The number of carbonyl (C=O) groups is 4. The summed E-state index contributed by atoms with van der Waals surface area (Å²) < 4.78 is 9.65. The van der Waals surface area contributed by atoms with Gasteiger partial charge in [-0.1, -0.05) is 65.8 Å². The number of methoxy groups -OCH3 is 2. The Kier molecular flexibility index (Phi) is 12.4. The Morgan fingerprint density at radius 3 is 1.90 bits per heavy atom. The van der Waals surface area contributed by atoms with Crippen molar-refractivity contribution in [2.75, 3.05) is 20.8 Å². The van der Waals surface area contributed by atoms with E-state index in [1.54, 1.807) is 0 Å². The summed E-state index contributed by atoms with van der Waals surface area (Å²) in [6, 6.07) is 11.1. The minimum absolute atomic E-state index is 0.0357. The number of nitrogens with zero attached hydrogens (tertiary/aromatic N) is 4. The third kappa shape index (κ3) is 8.38. The van der Waals surface area contributed by atoms with Crippen LogP contribution in [0, 0.1) is 23.7 Å². The molecule has 0 saturated carbocycles. The molecule has 7 atom stereocenters. The van der Waals surface area contributed by atoms with Gasteiger partial charge in [0.15, 0.2) is 0 Å². The van der Waals surface area contributed by atoms with Crippen LogP contribution in [0.2, 0.25) is 0 Å². The monoisotopic (exact) mass is 820 g/mol. The lowest BCUT2D eigenvalue weighted by atomic mass is 9.93. The van der Waals surface area contributed by atoms with E-state index >= 15 is 0 Å². The highest BCUT2D eigenvalue weighted by Gasteiger charge is 2.45. The molecule has 2 fully saturated rings. The van der Waals surface area contributed by atoms with Gasteiger partial charge in [-0.15, -0.1) is 0 Å². The number of alkyl carbamates (subject to hydrolysis) is 2. The SMILES string of the molecule is COC(=O)N[C@H](C(=O)N1C(c2ncc(-c3ccc(-c4cc(-c5cnc([C@@H]6CC(C)CN6C(=O)[C@@H](NC(=O)OC)C(C)C)[nH]5)cc5c4CCC5)cc3)[nH]2)CC(C)C1C)C(C)C. The highest BCUT2D eigenvalue weighted by Crippen LogP contribution is 2.42. The summed E-state index contributed by atoms with van der Waals surface area (Å²) in [5, 5.41) is 5.48. The van der Waals surface area contributed by atoms with Crippen LogP contribution >= 0.6 is 0 Å². The molecule has 2 aromatic carbocycles. The summed E-state index contributed by atoms with van der Waals surface area (Å²) >= 11 is 0. The first-order valence-corrected chi connectivity index (χ1v) is 21.4. The molecule has 60 heavy (non-hydrogen) atoms. The first-order valence-electron chi connectivity index (χ1n) is 21.4. The lowest BCUT2D eigenvalue weighted by molar-refractivity contribution is -0.137. The Morgan fingerprint density at radius 1 is 0.733 bits per heavy atom. The van der Waals surface area contributed by atoms with E-state index in [0.29, 0.717) is 6.54 Å². The number of amides is 4. The molecule has 3 aliphatic rings. The number of aromatic nitrogens is 4. The molecule has 1 aliphatic carbocycles. The van der Waals surface area contributed by atoms with Crippen molar-refractivity contribution in [3.05, 3.63) is 71.6 Å². The summed E-state index contributed by atoms with van der Waals surface area (Å²) in [6.45, 7) is 14.6. The van der Waals surface area contributed by atoms with Crippen molar-refractivity contribution in [3.63, 3.8) is 0 Å². The van der Waals surface area contributed by atoms with Gasteiger partial charge in [-0.2, -0.15) is 0 Å². The fraction of sp³-hybridized carbons (Fsp3) is 0.522. The molecule has 2 aliphatic heterocycles. The fourth-order valence-electron chi connectivity index (χ4n) is 9.36. The van der Waals surface area contributed by atoms with Crippen molar-refractivity contribution in [2.45, 2.75) is 111 Å². The van der Waals surface area contributed by atoms with Gasteiger partial charge < -0.3 is 39.9 Å². The molecule has 2 aromatic heterocycles. The first-order chi connectivity index (χ1) is 28.7. The maximum Gasteiger partial charge on any atom is 0.407 e. The van der Waals surface area contributed by atoms with Gasteiger partial charge in [0.2, 0.25) is 11.8 Å². The number of H-pyrrole nitrogens is 2. The molecule has 4 aromatic rings. The lowest BCUT2D eigenvalue weighted by Gasteiger charge is -2.33. The van der Waals surface area contributed by atoms with Gasteiger partial charge in [-0.05, 0) is 103 Å². The Labute approximate surface area is 352 Å². The molecule has 0 radical (unpaired) electrons. The number of hydrogen-bond donors (Lipinski definition) is 4. The van der Waals surface area contributed by atoms with Crippen LogP contribution in [0.25, 0.3) is 33.6 Å². The maximum atomic E-state index is 14.0. The molecule has 4 amide bonds. The summed E-state index contributed by atoms with van der Waals surface area (Å²) in [4.78, 5) is 72.6. The normalized spacial score (nSPS) is 22.2. The van der Waals surface area contributed by atoms with E-state index in [1.807, 2.05) is 49.9 Å². The van der Waals surface area contributed by atoms with Crippen LogP contribution in [0.5, 0.6) is 0 Å². The number of fused-ring (bicyclic) bond motifs is 1. The third-order valence-corrected chi connectivity index (χ3v) is 12.9. The van der Waals surface area contributed by atoms with Crippen LogP contribution in [-0.4, -0.2) is 92.6 Å². The molecule has 320 valence electrons. The number of benzene rings is 2. The Hall–Kier alpha value is -5.66. The van der Waals surface area contributed by atoms with Crippen LogP contribution in [0.15, 0.2) is 48.8 Å². The molecule has 0 bridgehead atoms. The zero-order chi connectivity index (χ0) is 43.0. The summed E-state index contributed by atoms with van der Waals surface area (Å²) in [7, 11) is 2.60. The molecule has 4 unspecified atom stereocenters. The van der Waals surface area contributed by atoms with Crippen LogP contribution in [0.1, 0.15) is 103 Å². The Balaban J connectivity index is 1.12. The number of ether oxygens (including phenoxy) is 2. The minimum Gasteiger partial charge on any atom is -0.453 e. The minimum atomic E-state index is -0.719. The van der Waals surface area contributed by atoms with Crippen LogP contribution in [0.4, 0.5) is 9.59 Å². The number of aryl methyl sites for hydroxylation is 1. The second-order valence-electron chi connectivity index (χ2n) is 17.7. The van der Waals surface area contributed by atoms with E-state index in [0.717, 1.165) is 71.8 Å². The molecule has 14 heteroatoms. The smallest absolute Gasteiger partial charge is 0.407 e. The van der Waals surface area contributed by atoms with Gasteiger partial charge in [-0.3, -0.25) is 9.59 Å². The lowest BCUT2D eigenvalue weighted by Crippen LogP contribution is -2.53. The molecular formula is C46H60N8O6. The Bertz CT molecular complexity index is 2210. The van der Waals surface area contributed by atoms with Gasteiger partial charge >= 0.3 is 12.2 Å². The van der Waals surface area contributed by atoms with Gasteiger partial charge in [0.25, 0.3) is 0 Å². The topological polar surface area (TPSA) is 175 Å². The van der Waals surface area contributed by atoms with Crippen molar-refractivity contribution in [3.8, 4) is 33.6 Å². The molecule has 7 rings (SSSR count). The zero-order valence-electron chi connectivity index (χ0n) is 36.3. The van der Waals surface area contributed by atoms with Gasteiger partial charge in [-0.25, -0.2) is 19.6 Å². The van der Waals surface area contributed by atoms with E-state index in [4.69, 9.17) is 19.4 Å². The number of imidazole rings is 2. The summed E-state index contributed by atoms with van der Waals surface area (Å²) in [5.41, 5.74) is 8.80. The summed E-state index contributed by atoms with van der Waals surface area (Å²) in [6.07, 6.45) is 7.09. The molecule has 4 N–H and O–H groups in total. The average Bonchev–Trinajstić information content (AvgIpc) is 4.09. The van der Waals surface area contributed by atoms with Crippen LogP contribution in [-0.2, 0) is 31.9 Å². The summed E-state index contributed by atoms with van der Waals surface area (Å²) in [5.74, 6) is 1.45. The zero-order valence-corrected chi connectivity index (χ0v) is 36.3. The van der Waals surface area contributed by atoms with Gasteiger partial charge in [0.1, 0.15) is 23.7 Å². The molecular weight excluding hydrogens is 761 g/mol. The third-order valence-electron chi connectivity index (χ3n) is 12.9. The number of aromatic amines is 2. The second-order valence-corrected chi connectivity index (χ2v) is 17.7. The largest absolute Gasteiger partial charge is 0.453 e. The van der Waals surface area contributed by atoms with Crippen molar-refractivity contribution >= 4 is 24.0 Å². The van der Waals surface area contributed by atoms with Crippen LogP contribution < -0.4 is 10.6 Å². The number of rotatable bonds is 11. The molecule has 14 nitrogen and oxygen atoms in total. The van der Waals surface area contributed by atoms with Crippen molar-refractivity contribution in [1.29, 1.82) is 0 Å². The van der Waals surface area contributed by atoms with E-state index in [9.17, 15) is 19.2 Å². The molecule has 4 heterocycles. The van der Waals surface area contributed by atoms with Crippen LogP contribution in [0.3, 0.4) is 0 Å². The number of nitrogens with one attached hydrogen (secondary N) is 4. The van der Waals surface area contributed by atoms with E-state index in [2.05, 4.69) is 77.8 Å². The predicted molar refractivity (Wildman–Crippen MR) is 228 cm³/mol. The highest BCUT2D eigenvalue weighted by molar-refractivity contribution is 5.87. The molecule has 2 saturated heterocycles. The van der Waals surface area contributed by atoms with Gasteiger partial charge in [0, 0.05) is 18.2 Å². The number of likely N-dealkylation sites (tertiary alicyclic amines) is 2. The maximum absolute atomic E-state index is 14.0. The van der Waals surface area contributed by atoms with Crippen molar-refractivity contribution < 1.29 is 28.7 Å². The fourth-order valence-corrected chi connectivity index (χ4v) is 9.36. The molecule has 0 spiro atoms. The van der Waals surface area contributed by atoms with Gasteiger partial charge in [0.05, 0.1) is 50.1 Å². The number of hydrogen-bond acceptors (Lipinski definition) is 8. The quantitative estimate of drug-likeness (QED) is 0.120. The highest BCUT2D eigenvalue weighted by atomic mass is 16.5. The average molecular weight is 821 g/mol. The second kappa shape index (κ2) is 17.5. The van der Waals surface area contributed by atoms with E-state index in [1.165, 1.54) is 30.9 Å².